The molecule has 9 nitrogen and oxygen atoms in total. The van der Waals surface area contributed by atoms with Gasteiger partial charge in [-0.05, 0) is 74.5 Å². The minimum atomic E-state index is -5.15. The molecule has 5 aromatic rings. The van der Waals surface area contributed by atoms with E-state index in [2.05, 4.69) is 0 Å². The van der Waals surface area contributed by atoms with Gasteiger partial charge in [0.2, 0.25) is 0 Å². The normalized spacial score (nSPS) is 12.6. The van der Waals surface area contributed by atoms with Crippen molar-refractivity contribution < 1.29 is 30.0 Å². The van der Waals surface area contributed by atoms with Crippen molar-refractivity contribution in [3.63, 3.8) is 0 Å². The lowest BCUT2D eigenvalue weighted by Crippen LogP contribution is -2.56. The lowest BCUT2D eigenvalue weighted by Gasteiger charge is -2.32. The Bertz CT molecular complexity index is 2260. The highest BCUT2D eigenvalue weighted by Gasteiger charge is 2.57. The lowest BCUT2D eigenvalue weighted by atomic mass is 9.99. The van der Waals surface area contributed by atoms with E-state index in [-0.39, 0.29) is 31.3 Å². The van der Waals surface area contributed by atoms with Crippen LogP contribution in [0.1, 0.15) is 21.5 Å². The van der Waals surface area contributed by atoms with Crippen LogP contribution in [0.15, 0.2) is 124 Å². The highest BCUT2D eigenvalue weighted by atomic mass is 32.2. The maximum Gasteiger partial charge on any atom is 0.194 e. The Hall–Kier alpha value is -4.52. The van der Waals surface area contributed by atoms with Gasteiger partial charge in [-0.15, -0.1) is 0 Å². The molecule has 250 valence electrons. The minimum Gasteiger partial charge on any atom is -0.399 e. The highest BCUT2D eigenvalue weighted by molar-refractivity contribution is 7.99. The topological polar surface area (TPSA) is 149 Å². The number of carbonyl (C=O) groups excluding carboxylic acids is 1. The molecule has 0 fully saturated rings. The molecule has 0 spiro atoms. The standard InChI is InChI=1S/C36H36N2O7S3/c1-25-11-19-29(20-12-25)46(40,41)23-36(35(39)27-15-17-28(37)18-16-27,24-47(42,43)30-21-13-26(2)14-22-30)48(44,45)34-10-6-7-31-32(34)8-5-9-33(31)38(3)4/h5-22H,23-24,37H2,1-4H3. The van der Waals surface area contributed by atoms with Crippen molar-refractivity contribution in [1.82, 2.24) is 0 Å². The Morgan fingerprint density at radius 2 is 1.08 bits per heavy atom. The molecule has 0 radical (unpaired) electrons. The van der Waals surface area contributed by atoms with Crippen LogP contribution in [0.3, 0.4) is 0 Å². The van der Waals surface area contributed by atoms with Crippen molar-refractivity contribution >= 4 is 57.4 Å². The van der Waals surface area contributed by atoms with Crippen LogP contribution in [-0.4, -0.2) is 61.4 Å². The summed E-state index contributed by atoms with van der Waals surface area (Å²) in [6, 6.07) is 26.2. The summed E-state index contributed by atoms with van der Waals surface area (Å²) in [6.45, 7) is 3.51. The van der Waals surface area contributed by atoms with Crippen LogP contribution in [0.25, 0.3) is 10.8 Å². The summed E-state index contributed by atoms with van der Waals surface area (Å²) in [7, 11) is -10.8. The van der Waals surface area contributed by atoms with Gasteiger partial charge in [-0.3, -0.25) is 4.79 Å². The second-order valence-corrected chi connectivity index (χ2v) is 18.3. The molecule has 0 atom stereocenters. The van der Waals surface area contributed by atoms with Gasteiger partial charge < -0.3 is 10.6 Å². The van der Waals surface area contributed by atoms with E-state index >= 15 is 8.42 Å². The lowest BCUT2D eigenvalue weighted by molar-refractivity contribution is 0.0956. The van der Waals surface area contributed by atoms with Gasteiger partial charge in [0, 0.05) is 41.8 Å². The number of benzene rings is 5. The largest absolute Gasteiger partial charge is 0.399 e. The number of anilines is 2. The maximum atomic E-state index is 15.4. The molecule has 0 aliphatic carbocycles. The number of ketones is 1. The quantitative estimate of drug-likeness (QED) is 0.140. The molecule has 0 aromatic heterocycles. The van der Waals surface area contributed by atoms with Gasteiger partial charge >= 0.3 is 0 Å². The summed E-state index contributed by atoms with van der Waals surface area (Å²) in [5, 5.41) is 0.721. The molecule has 0 heterocycles. The van der Waals surface area contributed by atoms with Gasteiger partial charge in [0.05, 0.1) is 26.2 Å². The Kier molecular flexibility index (Phi) is 9.30. The first-order valence-electron chi connectivity index (χ1n) is 14.9. The van der Waals surface area contributed by atoms with Crippen LogP contribution in [0.2, 0.25) is 0 Å². The van der Waals surface area contributed by atoms with Gasteiger partial charge in [0.25, 0.3) is 0 Å². The number of nitrogens with two attached hydrogens (primary N) is 1. The molecule has 0 saturated carbocycles. The first kappa shape index (κ1) is 34.8. The third-order valence-electron chi connectivity index (χ3n) is 8.34. The molecule has 5 rings (SSSR count). The van der Waals surface area contributed by atoms with Gasteiger partial charge in [-0.2, -0.15) is 0 Å². The molecule has 0 amide bonds. The van der Waals surface area contributed by atoms with E-state index in [9.17, 15) is 21.6 Å². The fourth-order valence-corrected chi connectivity index (χ4v) is 12.7. The average Bonchev–Trinajstić information content (AvgIpc) is 3.03. The molecule has 2 N–H and O–H groups in total. The van der Waals surface area contributed by atoms with Crippen molar-refractivity contribution in [1.29, 1.82) is 0 Å². The number of fused-ring (bicyclic) bond motifs is 1. The zero-order chi connectivity index (χ0) is 35.1. The molecule has 0 bridgehead atoms. The maximum absolute atomic E-state index is 15.4. The van der Waals surface area contributed by atoms with Crippen molar-refractivity contribution in [2.24, 2.45) is 0 Å². The van der Waals surface area contributed by atoms with Crippen LogP contribution in [0.4, 0.5) is 11.4 Å². The van der Waals surface area contributed by atoms with Crippen LogP contribution < -0.4 is 10.6 Å². The molecule has 48 heavy (non-hydrogen) atoms. The zero-order valence-electron chi connectivity index (χ0n) is 26.9. The van der Waals surface area contributed by atoms with E-state index in [1.807, 2.05) is 0 Å². The number of nitrogens with zero attached hydrogens (tertiary/aromatic N) is 1. The first-order valence-corrected chi connectivity index (χ1v) is 19.7. The van der Waals surface area contributed by atoms with Crippen molar-refractivity contribution in [2.75, 3.05) is 36.2 Å². The van der Waals surface area contributed by atoms with Crippen LogP contribution >= 0.6 is 0 Å². The number of Topliss-reactive ketones (excluding diaryl/α,β-unsaturated/α-hetero) is 1. The number of rotatable bonds is 11. The molecular formula is C36H36N2O7S3. The molecule has 0 aliphatic rings. The summed E-state index contributed by atoms with van der Waals surface area (Å²) in [6.07, 6.45) is 0. The Morgan fingerprint density at radius 1 is 0.625 bits per heavy atom. The summed E-state index contributed by atoms with van der Waals surface area (Å²) >= 11 is 0. The van der Waals surface area contributed by atoms with Gasteiger partial charge in [-0.25, -0.2) is 25.3 Å². The second-order valence-electron chi connectivity index (χ2n) is 12.1. The van der Waals surface area contributed by atoms with E-state index < -0.39 is 51.5 Å². The molecule has 5 aromatic carbocycles. The number of carbonyl (C=O) groups is 1. The number of aryl methyl sites for hydroxylation is 2. The zero-order valence-corrected chi connectivity index (χ0v) is 29.4. The first-order chi connectivity index (χ1) is 22.5. The van der Waals surface area contributed by atoms with Crippen molar-refractivity contribution in [3.8, 4) is 0 Å². The van der Waals surface area contributed by atoms with E-state index in [1.165, 1.54) is 60.7 Å². The number of sulfone groups is 3. The van der Waals surface area contributed by atoms with Crippen LogP contribution in [0, 0.1) is 13.8 Å². The summed E-state index contributed by atoms with van der Waals surface area (Å²) in [5.41, 5.74) is 8.09. The van der Waals surface area contributed by atoms with Crippen molar-refractivity contribution in [2.45, 2.75) is 33.3 Å². The second kappa shape index (κ2) is 12.8. The van der Waals surface area contributed by atoms with Gasteiger partial charge in [0.1, 0.15) is 0 Å². The molecule has 0 unspecified atom stereocenters. The van der Waals surface area contributed by atoms with Crippen molar-refractivity contribution in [3.05, 3.63) is 126 Å². The third-order valence-corrected chi connectivity index (χ3v) is 14.9. The Balaban J connectivity index is 1.89. The summed E-state index contributed by atoms with van der Waals surface area (Å²) in [5.74, 6) is -3.87. The molecular weight excluding hydrogens is 669 g/mol. The minimum absolute atomic E-state index is 0.207. The molecule has 0 aliphatic heterocycles. The Morgan fingerprint density at radius 3 is 1.56 bits per heavy atom. The van der Waals surface area contributed by atoms with E-state index in [1.54, 1.807) is 81.4 Å². The number of nitrogen functional groups attached to an aromatic ring is 1. The number of hydrogen-bond acceptors (Lipinski definition) is 9. The summed E-state index contributed by atoms with van der Waals surface area (Å²) in [4.78, 5) is 15.8. The smallest absolute Gasteiger partial charge is 0.194 e. The molecule has 12 heteroatoms. The monoisotopic (exact) mass is 704 g/mol. The molecule has 0 saturated heterocycles. The predicted molar refractivity (Wildman–Crippen MR) is 190 cm³/mol. The number of hydrogen-bond donors (Lipinski definition) is 1. The van der Waals surface area contributed by atoms with Crippen LogP contribution in [0.5, 0.6) is 0 Å². The van der Waals surface area contributed by atoms with Crippen LogP contribution in [-0.2, 0) is 29.5 Å². The van der Waals surface area contributed by atoms with Gasteiger partial charge in [0.15, 0.2) is 40.0 Å². The fraction of sp³-hybridized carbons (Fsp3) is 0.194. The van der Waals surface area contributed by atoms with E-state index in [0.717, 1.165) is 11.1 Å². The van der Waals surface area contributed by atoms with E-state index in [0.29, 0.717) is 11.1 Å². The third kappa shape index (κ3) is 6.47. The fourth-order valence-electron chi connectivity index (χ4n) is 5.72. The van der Waals surface area contributed by atoms with Gasteiger partial charge in [-0.1, -0.05) is 59.7 Å². The Labute approximate surface area is 281 Å². The average molecular weight is 705 g/mol. The predicted octanol–water partition coefficient (Wildman–Crippen LogP) is 5.45. The van der Waals surface area contributed by atoms with E-state index in [4.69, 9.17) is 5.73 Å². The highest BCUT2D eigenvalue weighted by Crippen LogP contribution is 2.40. The summed E-state index contributed by atoms with van der Waals surface area (Å²) < 4.78 is 84.7. The SMILES string of the molecule is Cc1ccc(S(=O)(=O)CC(CS(=O)(=O)c2ccc(C)cc2)(C(=O)c2ccc(N)cc2)S(=O)(=O)c2cccc3c(N(C)C)cccc23)cc1.